The van der Waals surface area contributed by atoms with Gasteiger partial charge in [-0.15, -0.1) is 11.8 Å². The van der Waals surface area contributed by atoms with Crippen LogP contribution in [0.4, 0.5) is 0 Å². The molecule has 2 nitrogen and oxygen atoms in total. The molecule has 0 fully saturated rings. The van der Waals surface area contributed by atoms with E-state index in [1.165, 1.54) is 0 Å². The van der Waals surface area contributed by atoms with E-state index in [0.717, 1.165) is 15.4 Å². The average molecular weight is 262 g/mol. The van der Waals surface area contributed by atoms with Crippen LogP contribution in [0.2, 0.25) is 0 Å². The first-order valence-corrected chi connectivity index (χ1v) is 5.86. The third-order valence-corrected chi connectivity index (χ3v) is 3.22. The van der Waals surface area contributed by atoms with Crippen molar-refractivity contribution in [2.24, 2.45) is 5.92 Å². The fraction of sp³-hybridized carbons (Fsp3) is 0.444. The van der Waals surface area contributed by atoms with Crippen LogP contribution >= 0.6 is 27.7 Å². The highest BCUT2D eigenvalue weighted by Gasteiger charge is 2.02. The Morgan fingerprint density at radius 3 is 3.00 bits per heavy atom. The predicted molar refractivity (Wildman–Crippen MR) is 58.9 cm³/mol. The molecule has 1 aromatic rings. The Hall–Kier alpha value is -0.0600. The van der Waals surface area contributed by atoms with E-state index >= 15 is 0 Å². The highest BCUT2D eigenvalue weighted by atomic mass is 79.9. The second kappa shape index (κ2) is 5.62. The fourth-order valence-electron chi connectivity index (χ4n) is 0.750. The van der Waals surface area contributed by atoms with Gasteiger partial charge in [0.1, 0.15) is 4.60 Å². The number of aliphatic hydroxyl groups excluding tert-OH is 1. The molecular formula is C9H12BrNOS. The lowest BCUT2D eigenvalue weighted by Gasteiger charge is -2.06. The molecule has 0 aliphatic carbocycles. The van der Waals surface area contributed by atoms with Crippen LogP contribution in [0.1, 0.15) is 6.92 Å². The number of aromatic nitrogens is 1. The minimum Gasteiger partial charge on any atom is -0.396 e. The molecule has 0 saturated heterocycles. The van der Waals surface area contributed by atoms with Gasteiger partial charge in [0.15, 0.2) is 0 Å². The van der Waals surface area contributed by atoms with Crippen LogP contribution in [0.5, 0.6) is 0 Å². The Morgan fingerprint density at radius 2 is 2.38 bits per heavy atom. The van der Waals surface area contributed by atoms with E-state index in [2.05, 4.69) is 20.9 Å². The van der Waals surface area contributed by atoms with Gasteiger partial charge in [-0.3, -0.25) is 0 Å². The van der Waals surface area contributed by atoms with Crippen LogP contribution in [-0.4, -0.2) is 22.5 Å². The lowest BCUT2D eigenvalue weighted by molar-refractivity contribution is 0.250. The van der Waals surface area contributed by atoms with Gasteiger partial charge >= 0.3 is 0 Å². The summed E-state index contributed by atoms with van der Waals surface area (Å²) < 4.78 is 0.856. The molecule has 0 aliphatic heterocycles. The summed E-state index contributed by atoms with van der Waals surface area (Å²) in [4.78, 5) is 4.28. The van der Waals surface area contributed by atoms with Gasteiger partial charge in [0.05, 0.1) is 5.03 Å². The van der Waals surface area contributed by atoms with Crippen molar-refractivity contribution >= 4 is 27.7 Å². The first-order valence-electron chi connectivity index (χ1n) is 4.08. The van der Waals surface area contributed by atoms with Crippen molar-refractivity contribution in [3.8, 4) is 0 Å². The molecule has 1 heterocycles. The van der Waals surface area contributed by atoms with Gasteiger partial charge in [-0.05, 0) is 34.0 Å². The molecule has 0 aliphatic rings. The number of rotatable bonds is 4. The molecule has 0 saturated carbocycles. The Bertz CT molecular complexity index is 270. The summed E-state index contributed by atoms with van der Waals surface area (Å²) >= 11 is 4.98. The number of halogens is 1. The van der Waals surface area contributed by atoms with Crippen molar-refractivity contribution in [3.63, 3.8) is 0 Å². The second-order valence-electron chi connectivity index (χ2n) is 2.90. The lowest BCUT2D eigenvalue weighted by atomic mass is 10.2. The zero-order valence-electron chi connectivity index (χ0n) is 7.40. The minimum absolute atomic E-state index is 0.237. The van der Waals surface area contributed by atoms with Crippen LogP contribution in [0.25, 0.3) is 0 Å². The van der Waals surface area contributed by atoms with Crippen molar-refractivity contribution in [1.82, 2.24) is 4.98 Å². The van der Waals surface area contributed by atoms with Crippen LogP contribution in [0.15, 0.2) is 27.8 Å². The van der Waals surface area contributed by atoms with Crippen molar-refractivity contribution in [3.05, 3.63) is 22.8 Å². The fourth-order valence-corrected chi connectivity index (χ4v) is 2.11. The summed E-state index contributed by atoms with van der Waals surface area (Å²) in [5, 5.41) is 9.82. The maximum absolute atomic E-state index is 8.82. The molecule has 0 aromatic carbocycles. The third kappa shape index (κ3) is 4.11. The van der Waals surface area contributed by atoms with Crippen molar-refractivity contribution < 1.29 is 5.11 Å². The van der Waals surface area contributed by atoms with Gasteiger partial charge in [-0.25, -0.2) is 4.98 Å². The van der Waals surface area contributed by atoms with Crippen LogP contribution in [0, 0.1) is 5.92 Å². The SMILES string of the molecule is CC(CO)CSc1cccc(Br)n1. The van der Waals surface area contributed by atoms with Gasteiger partial charge in [0.2, 0.25) is 0 Å². The molecule has 4 heteroatoms. The number of thioether (sulfide) groups is 1. The third-order valence-electron chi connectivity index (χ3n) is 1.52. The van der Waals surface area contributed by atoms with E-state index in [9.17, 15) is 0 Å². The summed E-state index contributed by atoms with van der Waals surface area (Å²) in [5.74, 6) is 1.23. The Balaban J connectivity index is 2.45. The Kier molecular flexibility index (Phi) is 4.77. The van der Waals surface area contributed by atoms with E-state index in [1.807, 2.05) is 25.1 Å². The molecule has 1 atom stereocenters. The molecule has 72 valence electrons. The number of aliphatic hydroxyl groups is 1. The van der Waals surface area contributed by atoms with Gasteiger partial charge < -0.3 is 5.11 Å². The molecule has 1 N–H and O–H groups in total. The van der Waals surface area contributed by atoms with E-state index < -0.39 is 0 Å². The zero-order valence-corrected chi connectivity index (χ0v) is 9.81. The first-order chi connectivity index (χ1) is 6.22. The smallest absolute Gasteiger partial charge is 0.107 e. The average Bonchev–Trinajstić information content (AvgIpc) is 2.14. The summed E-state index contributed by atoms with van der Waals surface area (Å²) in [7, 11) is 0. The summed E-state index contributed by atoms with van der Waals surface area (Å²) in [5.41, 5.74) is 0. The standard InChI is InChI=1S/C9H12BrNOS/c1-7(5-12)6-13-9-4-2-3-8(10)11-9/h2-4,7,12H,5-6H2,1H3. The van der Waals surface area contributed by atoms with Crippen LogP contribution < -0.4 is 0 Å². The predicted octanol–water partition coefficient (Wildman–Crippen LogP) is 2.56. The van der Waals surface area contributed by atoms with Gasteiger partial charge in [-0.2, -0.15) is 0 Å². The number of pyridine rings is 1. The van der Waals surface area contributed by atoms with Gasteiger partial charge in [-0.1, -0.05) is 13.0 Å². The lowest BCUT2D eigenvalue weighted by Crippen LogP contribution is -2.03. The molecule has 0 bridgehead atoms. The Labute approximate surface area is 90.9 Å². The molecule has 1 unspecified atom stereocenters. The summed E-state index contributed by atoms with van der Waals surface area (Å²) in [6.45, 7) is 2.26. The van der Waals surface area contributed by atoms with Crippen molar-refractivity contribution in [2.45, 2.75) is 11.9 Å². The van der Waals surface area contributed by atoms with Crippen molar-refractivity contribution in [2.75, 3.05) is 12.4 Å². The molecule has 1 rings (SSSR count). The van der Waals surface area contributed by atoms with E-state index in [1.54, 1.807) is 11.8 Å². The Morgan fingerprint density at radius 1 is 1.62 bits per heavy atom. The highest BCUT2D eigenvalue weighted by Crippen LogP contribution is 2.19. The minimum atomic E-state index is 0.237. The largest absolute Gasteiger partial charge is 0.396 e. The topological polar surface area (TPSA) is 33.1 Å². The van der Waals surface area contributed by atoms with Crippen LogP contribution in [0.3, 0.4) is 0 Å². The van der Waals surface area contributed by atoms with Gasteiger partial charge in [0, 0.05) is 12.4 Å². The molecule has 0 amide bonds. The van der Waals surface area contributed by atoms with E-state index in [-0.39, 0.29) is 6.61 Å². The molecular weight excluding hydrogens is 250 g/mol. The quantitative estimate of drug-likeness (QED) is 0.668. The van der Waals surface area contributed by atoms with Gasteiger partial charge in [0.25, 0.3) is 0 Å². The van der Waals surface area contributed by atoms with Crippen molar-refractivity contribution in [1.29, 1.82) is 0 Å². The van der Waals surface area contributed by atoms with E-state index in [0.29, 0.717) is 5.92 Å². The monoisotopic (exact) mass is 261 g/mol. The van der Waals surface area contributed by atoms with Crippen LogP contribution in [-0.2, 0) is 0 Å². The normalized spacial score (nSPS) is 12.8. The first kappa shape index (κ1) is 11.0. The highest BCUT2D eigenvalue weighted by molar-refractivity contribution is 9.10. The number of hydrogen-bond acceptors (Lipinski definition) is 3. The second-order valence-corrected chi connectivity index (χ2v) is 4.75. The maximum atomic E-state index is 8.82. The molecule has 0 radical (unpaired) electrons. The molecule has 13 heavy (non-hydrogen) atoms. The summed E-state index contributed by atoms with van der Waals surface area (Å²) in [6, 6.07) is 5.84. The molecule has 0 spiro atoms. The number of nitrogens with zero attached hydrogens (tertiary/aromatic N) is 1. The number of hydrogen-bond donors (Lipinski definition) is 1. The maximum Gasteiger partial charge on any atom is 0.107 e. The molecule has 1 aromatic heterocycles. The van der Waals surface area contributed by atoms with E-state index in [4.69, 9.17) is 5.11 Å². The zero-order chi connectivity index (χ0) is 9.68. The summed E-state index contributed by atoms with van der Waals surface area (Å²) in [6.07, 6.45) is 0.